The summed E-state index contributed by atoms with van der Waals surface area (Å²) >= 11 is 0. The highest BCUT2D eigenvalue weighted by Crippen LogP contribution is 2.10. The molecular formula is C7H9F2N3O. The first-order valence-electron chi connectivity index (χ1n) is 3.65. The standard InChI is InChI=1S/C7H9F2N3O/c8-6(9)4-13-7-5(3-10)11-1-2-12-7/h1-2,6H,3-4,10H2. The van der Waals surface area contributed by atoms with Crippen molar-refractivity contribution >= 4 is 0 Å². The zero-order valence-electron chi connectivity index (χ0n) is 6.78. The SMILES string of the molecule is NCc1nccnc1OCC(F)F. The summed E-state index contributed by atoms with van der Waals surface area (Å²) in [6, 6.07) is 0. The molecule has 0 saturated carbocycles. The molecule has 1 rings (SSSR count). The van der Waals surface area contributed by atoms with Crippen LogP contribution in [0.5, 0.6) is 5.88 Å². The maximum Gasteiger partial charge on any atom is 0.272 e. The van der Waals surface area contributed by atoms with E-state index in [1.54, 1.807) is 0 Å². The Morgan fingerprint density at radius 1 is 1.38 bits per heavy atom. The number of hydrogen-bond donors (Lipinski definition) is 1. The molecule has 0 amide bonds. The Balaban J connectivity index is 2.64. The minimum atomic E-state index is -2.52. The van der Waals surface area contributed by atoms with Gasteiger partial charge in [-0.15, -0.1) is 0 Å². The summed E-state index contributed by atoms with van der Waals surface area (Å²) in [4.78, 5) is 7.54. The van der Waals surface area contributed by atoms with Crippen LogP contribution < -0.4 is 10.5 Å². The van der Waals surface area contributed by atoms with Crippen molar-refractivity contribution in [2.24, 2.45) is 5.73 Å². The quantitative estimate of drug-likeness (QED) is 0.752. The smallest absolute Gasteiger partial charge is 0.272 e. The molecule has 1 aromatic heterocycles. The van der Waals surface area contributed by atoms with Gasteiger partial charge in [0.1, 0.15) is 5.69 Å². The summed E-state index contributed by atoms with van der Waals surface area (Å²) in [5, 5.41) is 0. The molecule has 0 aliphatic carbocycles. The second-order valence-electron chi connectivity index (χ2n) is 2.21. The highest BCUT2D eigenvalue weighted by atomic mass is 19.3. The average Bonchev–Trinajstić information content (AvgIpc) is 2.15. The Kier molecular flexibility index (Phi) is 3.51. The molecule has 0 atom stereocenters. The normalized spacial score (nSPS) is 10.5. The van der Waals surface area contributed by atoms with Crippen LogP contribution in [-0.4, -0.2) is 23.0 Å². The van der Waals surface area contributed by atoms with Gasteiger partial charge in [0.25, 0.3) is 6.43 Å². The first kappa shape index (κ1) is 9.79. The number of nitrogens with zero attached hydrogens (tertiary/aromatic N) is 2. The number of nitrogens with two attached hydrogens (primary N) is 1. The van der Waals surface area contributed by atoms with Crippen molar-refractivity contribution in [3.8, 4) is 5.88 Å². The minimum Gasteiger partial charge on any atom is -0.470 e. The second-order valence-corrected chi connectivity index (χ2v) is 2.21. The Labute approximate surface area is 73.8 Å². The lowest BCUT2D eigenvalue weighted by molar-refractivity contribution is 0.0788. The molecule has 72 valence electrons. The van der Waals surface area contributed by atoms with E-state index in [2.05, 4.69) is 14.7 Å². The monoisotopic (exact) mass is 189 g/mol. The van der Waals surface area contributed by atoms with E-state index in [0.717, 1.165) is 0 Å². The lowest BCUT2D eigenvalue weighted by Gasteiger charge is -2.06. The van der Waals surface area contributed by atoms with Gasteiger partial charge in [0, 0.05) is 18.9 Å². The Hall–Kier alpha value is -1.30. The van der Waals surface area contributed by atoms with Crippen LogP contribution in [0.4, 0.5) is 8.78 Å². The molecule has 1 aromatic rings. The third kappa shape index (κ3) is 2.90. The van der Waals surface area contributed by atoms with Gasteiger partial charge < -0.3 is 10.5 Å². The fraction of sp³-hybridized carbons (Fsp3) is 0.429. The zero-order valence-corrected chi connectivity index (χ0v) is 6.78. The molecule has 0 fully saturated rings. The van der Waals surface area contributed by atoms with Gasteiger partial charge in [0.2, 0.25) is 5.88 Å². The number of alkyl halides is 2. The molecule has 0 unspecified atom stereocenters. The van der Waals surface area contributed by atoms with Crippen molar-refractivity contribution in [1.82, 2.24) is 9.97 Å². The first-order valence-corrected chi connectivity index (χ1v) is 3.65. The lowest BCUT2D eigenvalue weighted by Crippen LogP contribution is -2.11. The molecule has 0 spiro atoms. The molecule has 0 aromatic carbocycles. The van der Waals surface area contributed by atoms with E-state index in [1.807, 2.05) is 0 Å². The predicted molar refractivity (Wildman–Crippen MR) is 41.4 cm³/mol. The average molecular weight is 189 g/mol. The highest BCUT2D eigenvalue weighted by molar-refractivity contribution is 5.16. The summed E-state index contributed by atoms with van der Waals surface area (Å²) in [5.41, 5.74) is 5.66. The van der Waals surface area contributed by atoms with Gasteiger partial charge in [-0.25, -0.2) is 13.8 Å². The number of aromatic nitrogens is 2. The predicted octanol–water partition coefficient (Wildman–Crippen LogP) is 0.579. The molecule has 0 aliphatic heterocycles. The van der Waals surface area contributed by atoms with Crippen LogP contribution in [0.3, 0.4) is 0 Å². The molecule has 0 bridgehead atoms. The lowest BCUT2D eigenvalue weighted by atomic mass is 10.4. The van der Waals surface area contributed by atoms with E-state index in [-0.39, 0.29) is 12.4 Å². The molecule has 0 radical (unpaired) electrons. The van der Waals surface area contributed by atoms with Crippen molar-refractivity contribution in [3.05, 3.63) is 18.1 Å². The highest BCUT2D eigenvalue weighted by Gasteiger charge is 2.08. The third-order valence-corrected chi connectivity index (χ3v) is 1.28. The number of halogens is 2. The largest absolute Gasteiger partial charge is 0.470 e. The Morgan fingerprint density at radius 2 is 2.08 bits per heavy atom. The van der Waals surface area contributed by atoms with Gasteiger partial charge in [0.05, 0.1) is 0 Å². The summed E-state index contributed by atoms with van der Waals surface area (Å²) in [6.07, 6.45) is 0.268. The van der Waals surface area contributed by atoms with Crippen LogP contribution in [0.2, 0.25) is 0 Å². The van der Waals surface area contributed by atoms with Crippen molar-refractivity contribution in [3.63, 3.8) is 0 Å². The van der Waals surface area contributed by atoms with Crippen LogP contribution >= 0.6 is 0 Å². The third-order valence-electron chi connectivity index (χ3n) is 1.28. The Morgan fingerprint density at radius 3 is 2.69 bits per heavy atom. The van der Waals surface area contributed by atoms with Crippen LogP contribution in [0.15, 0.2) is 12.4 Å². The number of hydrogen-bond acceptors (Lipinski definition) is 4. The second kappa shape index (κ2) is 4.66. The van der Waals surface area contributed by atoms with Crippen LogP contribution in [0.25, 0.3) is 0 Å². The summed E-state index contributed by atoms with van der Waals surface area (Å²) in [6.45, 7) is -0.571. The van der Waals surface area contributed by atoms with E-state index >= 15 is 0 Å². The van der Waals surface area contributed by atoms with Crippen molar-refractivity contribution in [2.75, 3.05) is 6.61 Å². The Bertz CT molecular complexity index is 270. The minimum absolute atomic E-state index is 0.0744. The maximum absolute atomic E-state index is 11.8. The summed E-state index contributed by atoms with van der Waals surface area (Å²) in [5.74, 6) is 0.0744. The molecule has 6 heteroatoms. The molecular weight excluding hydrogens is 180 g/mol. The molecule has 13 heavy (non-hydrogen) atoms. The van der Waals surface area contributed by atoms with Gasteiger partial charge >= 0.3 is 0 Å². The summed E-state index contributed by atoms with van der Waals surface area (Å²) < 4.78 is 28.2. The van der Waals surface area contributed by atoms with Crippen LogP contribution in [0.1, 0.15) is 5.69 Å². The van der Waals surface area contributed by atoms with Gasteiger partial charge in [-0.05, 0) is 0 Å². The molecule has 0 aliphatic rings. The number of ether oxygens (including phenoxy) is 1. The summed E-state index contributed by atoms with van der Waals surface area (Å²) in [7, 11) is 0. The fourth-order valence-corrected chi connectivity index (χ4v) is 0.757. The van der Waals surface area contributed by atoms with Gasteiger partial charge in [0.15, 0.2) is 6.61 Å². The van der Waals surface area contributed by atoms with E-state index < -0.39 is 13.0 Å². The molecule has 0 saturated heterocycles. The van der Waals surface area contributed by atoms with E-state index in [0.29, 0.717) is 5.69 Å². The van der Waals surface area contributed by atoms with Gasteiger partial charge in [-0.3, -0.25) is 4.98 Å². The van der Waals surface area contributed by atoms with E-state index in [1.165, 1.54) is 12.4 Å². The van der Waals surface area contributed by atoms with Crippen molar-refractivity contribution in [1.29, 1.82) is 0 Å². The zero-order chi connectivity index (χ0) is 9.68. The van der Waals surface area contributed by atoms with Crippen LogP contribution in [-0.2, 0) is 6.54 Å². The maximum atomic E-state index is 11.8. The van der Waals surface area contributed by atoms with E-state index in [4.69, 9.17) is 5.73 Å². The first-order chi connectivity index (χ1) is 6.24. The molecule has 2 N–H and O–H groups in total. The van der Waals surface area contributed by atoms with E-state index in [9.17, 15) is 8.78 Å². The van der Waals surface area contributed by atoms with Crippen molar-refractivity contribution in [2.45, 2.75) is 13.0 Å². The van der Waals surface area contributed by atoms with Crippen LogP contribution in [0, 0.1) is 0 Å². The number of rotatable bonds is 4. The molecule has 4 nitrogen and oxygen atoms in total. The van der Waals surface area contributed by atoms with Crippen molar-refractivity contribution < 1.29 is 13.5 Å². The topological polar surface area (TPSA) is 61.0 Å². The molecule has 1 heterocycles. The van der Waals surface area contributed by atoms with Gasteiger partial charge in [-0.1, -0.05) is 0 Å². The fourth-order valence-electron chi connectivity index (χ4n) is 0.757. The van der Waals surface area contributed by atoms with Gasteiger partial charge in [-0.2, -0.15) is 0 Å².